The van der Waals surface area contributed by atoms with Gasteiger partial charge in [-0.25, -0.2) is 0 Å². The van der Waals surface area contributed by atoms with E-state index in [1.165, 1.54) is 138 Å². The number of anilines is 4. The predicted octanol–water partition coefficient (Wildman–Crippen LogP) is 32.0. The number of hydrogen-bond donors (Lipinski definition) is 6. The van der Waals surface area contributed by atoms with Crippen LogP contribution in [0.3, 0.4) is 0 Å². The Morgan fingerprint density at radius 3 is 0.950 bits per heavy atom. The van der Waals surface area contributed by atoms with E-state index >= 15 is 0 Å². The number of likely N-dealkylation sites (tertiary alicyclic amines) is 3. The molecule has 8 aromatic rings. The first-order chi connectivity index (χ1) is 65.5. The number of aliphatic hydroxyl groups is 3. The molecular formula is C120H178F9N7O4. The fourth-order valence-electron chi connectivity index (χ4n) is 19.7. The van der Waals surface area contributed by atoms with Gasteiger partial charge >= 0.3 is 18.5 Å². The van der Waals surface area contributed by atoms with E-state index in [0.717, 1.165) is 61.5 Å². The van der Waals surface area contributed by atoms with E-state index < -0.39 is 54.0 Å². The number of benzene rings is 8. The third kappa shape index (κ3) is 41.3. The summed E-state index contributed by atoms with van der Waals surface area (Å²) in [5, 5.41) is 39.5. The van der Waals surface area contributed by atoms with Crippen LogP contribution in [0.4, 0.5) is 62.3 Å². The Balaban J connectivity index is 0.000000218. The number of nitrogens with zero attached hydrogens (tertiary/aromatic N) is 4. The van der Waals surface area contributed by atoms with E-state index in [-0.39, 0.29) is 39.0 Å². The van der Waals surface area contributed by atoms with Crippen LogP contribution in [0.5, 0.6) is 0 Å². The minimum absolute atomic E-state index is 0. The highest BCUT2D eigenvalue weighted by molar-refractivity contribution is 5.50. The van der Waals surface area contributed by atoms with Gasteiger partial charge in [0.05, 0.1) is 23.3 Å². The lowest BCUT2D eigenvalue weighted by molar-refractivity contribution is -0.208. The minimum Gasteiger partial charge on any atom is -0.393 e. The lowest BCUT2D eigenvalue weighted by atomic mass is 9.95. The SMILES string of the molecule is C.CC(C)c1ccc(CC2CCCC2)cc1.CC(C)c1ccc(CN2CCCC2C(C)(C)O)cc1.CC(C)c1ccc(CN2CCC[C@@H]2C(F)(F)F)cc1.CC(C)c1ccc(CN2CCC[C@H]2C(F)(F)F)cc1.CC(C)c1ccc(N(C)CC(C)(C)O)cc1.CC(C)c1ccc(NC2CCC(O)C2)cc1.CC(C)c1ccc(NC2CCCCC2)cc1.CC(C)c1ccc(NC2CCOC2C(F)(F)F)cc1. The van der Waals surface area contributed by atoms with E-state index in [0.29, 0.717) is 117 Å². The summed E-state index contributed by atoms with van der Waals surface area (Å²) in [5.41, 5.74) is 18.4. The van der Waals surface area contributed by atoms with Crippen molar-refractivity contribution >= 4 is 22.7 Å². The van der Waals surface area contributed by atoms with Crippen molar-refractivity contribution in [3.8, 4) is 0 Å². The van der Waals surface area contributed by atoms with Gasteiger partial charge in [-0.15, -0.1) is 0 Å². The molecule has 7 atom stereocenters. The van der Waals surface area contributed by atoms with Crippen molar-refractivity contribution in [1.82, 2.24) is 14.7 Å². The minimum atomic E-state index is -4.31. The molecule has 0 aromatic heterocycles. The molecule has 20 heteroatoms. The number of likely N-dealkylation sites (N-methyl/N-ethyl adjacent to an activating group) is 1. The first-order valence-corrected chi connectivity index (χ1v) is 52.4. The van der Waals surface area contributed by atoms with Crippen molar-refractivity contribution in [1.29, 1.82) is 0 Å². The van der Waals surface area contributed by atoms with Gasteiger partial charge in [0.15, 0.2) is 6.10 Å². The molecule has 0 radical (unpaired) electrons. The quantitative estimate of drug-likeness (QED) is 0.0291. The highest BCUT2D eigenvalue weighted by Gasteiger charge is 2.50. The van der Waals surface area contributed by atoms with Crippen LogP contribution < -0.4 is 20.9 Å². The largest absolute Gasteiger partial charge is 0.416 e. The summed E-state index contributed by atoms with van der Waals surface area (Å²) in [6.45, 7) is 47.0. The Bertz CT molecular complexity index is 4310. The third-order valence-corrected chi connectivity index (χ3v) is 28.3. The molecule has 3 aliphatic carbocycles. The highest BCUT2D eigenvalue weighted by Crippen LogP contribution is 2.39. The topological polar surface area (TPSA) is 119 Å². The average molecular weight is 1950 g/mol. The molecular weight excluding hydrogens is 1770 g/mol. The zero-order chi connectivity index (χ0) is 102. The van der Waals surface area contributed by atoms with Crippen LogP contribution in [-0.2, 0) is 30.8 Å². The summed E-state index contributed by atoms with van der Waals surface area (Å²) in [6.07, 6.45) is 6.94. The molecule has 4 heterocycles. The van der Waals surface area contributed by atoms with Crippen LogP contribution in [0, 0.1) is 5.92 Å². The van der Waals surface area contributed by atoms with E-state index in [1.54, 1.807) is 9.80 Å². The number of rotatable bonds is 26. The maximum absolute atomic E-state index is 12.8. The van der Waals surface area contributed by atoms with Crippen LogP contribution in [0.15, 0.2) is 194 Å². The van der Waals surface area contributed by atoms with Crippen LogP contribution in [0.25, 0.3) is 0 Å². The molecule has 6 N–H and O–H groups in total. The molecule has 780 valence electrons. The first-order valence-electron chi connectivity index (χ1n) is 52.4. The number of hydrogen-bond acceptors (Lipinski definition) is 11. The van der Waals surface area contributed by atoms with Crippen molar-refractivity contribution in [3.63, 3.8) is 0 Å². The van der Waals surface area contributed by atoms with Gasteiger partial charge in [-0.3, -0.25) is 14.7 Å². The molecule has 140 heavy (non-hydrogen) atoms. The maximum atomic E-state index is 12.8. The van der Waals surface area contributed by atoms with Crippen molar-refractivity contribution in [2.45, 2.75) is 419 Å². The Kier molecular flexibility index (Phi) is 48.5. The number of nitrogens with one attached hydrogen (secondary N) is 3. The summed E-state index contributed by atoms with van der Waals surface area (Å²) < 4.78 is 120. The van der Waals surface area contributed by atoms with Crippen molar-refractivity contribution < 1.29 is 59.6 Å². The van der Waals surface area contributed by atoms with Gasteiger partial charge < -0.3 is 40.9 Å². The van der Waals surface area contributed by atoms with Crippen molar-refractivity contribution in [2.75, 3.05) is 60.7 Å². The number of halogens is 9. The lowest BCUT2D eigenvalue weighted by Crippen LogP contribution is -2.45. The number of ether oxygens (including phenoxy) is 1. The van der Waals surface area contributed by atoms with Gasteiger partial charge in [0.2, 0.25) is 0 Å². The lowest BCUT2D eigenvalue weighted by Gasteiger charge is -2.33. The van der Waals surface area contributed by atoms with Gasteiger partial charge in [-0.2, -0.15) is 39.5 Å². The second kappa shape index (κ2) is 57.1. The van der Waals surface area contributed by atoms with Crippen LogP contribution in [0.1, 0.15) is 382 Å². The Labute approximate surface area is 839 Å². The van der Waals surface area contributed by atoms with E-state index in [2.05, 4.69) is 258 Å². The Hall–Kier alpha value is -7.95. The average Bonchev–Trinajstić information content (AvgIpc) is 1.69. The van der Waals surface area contributed by atoms with Crippen LogP contribution >= 0.6 is 0 Å². The van der Waals surface area contributed by atoms with E-state index in [9.17, 15) is 54.8 Å². The zero-order valence-electron chi connectivity index (χ0n) is 88.0. The molecule has 8 aromatic carbocycles. The standard InChI is InChI=1S/C17H27NO.2C15H20F3N.C15H23N.C15H22.C14H18F3NO.C14H21NO.C14H23NO.CH4/c1-13(2)15-9-7-14(8-10-15)12-18-11-5-6-16(18)17(3,4)19;2*1-11(2)13-7-5-12(6-8-13)10-19-9-3-4-14(19)15(16,17)18;1-12(2)13-8-10-15(11-9-13)16-14-6-4-3-5-7-14;1-12(2)15-9-7-14(8-10-15)11-13-5-3-4-6-13;1-9(2)10-3-5-11(6-4-10)18-12-7-8-19-13(12)14(15,16)17;1-10(2)11-3-5-12(6-4-11)15-13-7-8-14(16)9-13;1-11(2)12-6-8-13(9-7-12)15(5)10-14(3,4)16;/h7-10,13,16,19H,5-6,11-12H2,1-4H3;2*5-8,11,14H,3-4,9-10H2,1-2H3;8-12,14,16H,3-7H2,1-2H3;7-10,12-13H,3-6,11H2,1-2H3;3-6,9,12-13,18H,7-8H2,1-2H3;3-6,10,13-16H,7-9H2,1-2H3;6-9,11,16H,10H2,1-5H3;1H4/t;2*14-;;;;;;/m.10....../s1. The number of aliphatic hydroxyl groups excluding tert-OH is 1. The maximum Gasteiger partial charge on any atom is 0.416 e. The van der Waals surface area contributed by atoms with E-state index in [1.807, 2.05) is 108 Å². The van der Waals surface area contributed by atoms with Gasteiger partial charge in [0.25, 0.3) is 0 Å². The molecule has 0 spiro atoms. The van der Waals surface area contributed by atoms with Crippen LogP contribution in [0.2, 0.25) is 0 Å². The van der Waals surface area contributed by atoms with Crippen molar-refractivity contribution in [2.24, 2.45) is 5.92 Å². The summed E-state index contributed by atoms with van der Waals surface area (Å²) in [5.74, 6) is 5.30. The smallest absolute Gasteiger partial charge is 0.393 e. The molecule has 3 saturated carbocycles. The molecule has 0 bridgehead atoms. The molecule has 0 amide bonds. The van der Waals surface area contributed by atoms with Gasteiger partial charge in [0, 0.05) is 80.7 Å². The molecule has 11 nitrogen and oxygen atoms in total. The predicted molar refractivity (Wildman–Crippen MR) is 570 cm³/mol. The van der Waals surface area contributed by atoms with Crippen molar-refractivity contribution in [3.05, 3.63) is 261 Å². The molecule has 7 aliphatic rings. The Morgan fingerprint density at radius 1 is 0.343 bits per heavy atom. The molecule has 4 aliphatic heterocycles. The van der Waals surface area contributed by atoms with Gasteiger partial charge in [-0.05, 0) is 299 Å². The van der Waals surface area contributed by atoms with Gasteiger partial charge in [0.1, 0.15) is 12.1 Å². The first kappa shape index (κ1) is 119. The second-order valence-electron chi connectivity index (χ2n) is 44.0. The summed E-state index contributed by atoms with van der Waals surface area (Å²) in [6, 6.07) is 65.8. The number of alkyl halides is 9. The summed E-state index contributed by atoms with van der Waals surface area (Å²) in [4.78, 5) is 7.59. The normalized spacial score (nSPS) is 20.0. The fraction of sp³-hybridized carbons (Fsp3) is 0.600. The monoisotopic (exact) mass is 1950 g/mol. The van der Waals surface area contributed by atoms with Gasteiger partial charge in [-0.1, -0.05) is 309 Å². The summed E-state index contributed by atoms with van der Waals surface area (Å²) >= 11 is 0. The molecule has 15 rings (SSSR count). The molecule has 4 saturated heterocycles. The third-order valence-electron chi connectivity index (χ3n) is 28.3. The van der Waals surface area contributed by atoms with Crippen LogP contribution in [-0.4, -0.2) is 148 Å². The Morgan fingerprint density at radius 2 is 0.643 bits per heavy atom. The summed E-state index contributed by atoms with van der Waals surface area (Å²) in [7, 11) is 2.00. The second-order valence-corrected chi connectivity index (χ2v) is 44.0. The zero-order valence-corrected chi connectivity index (χ0v) is 88.0. The highest BCUT2D eigenvalue weighted by atomic mass is 19.4. The fourth-order valence-corrected chi connectivity index (χ4v) is 19.7. The molecule has 7 fully saturated rings. The van der Waals surface area contributed by atoms with E-state index in [4.69, 9.17) is 4.74 Å². The molecule has 5 unspecified atom stereocenters.